The zero-order valence-corrected chi connectivity index (χ0v) is 13.9. The molecule has 1 amide bonds. The minimum Gasteiger partial charge on any atom is -0.320 e. The van der Waals surface area contributed by atoms with E-state index in [2.05, 4.69) is 5.32 Å². The topological polar surface area (TPSA) is 51.1 Å². The number of nitrogens with zero attached hydrogens (tertiary/aromatic N) is 1. The summed E-state index contributed by atoms with van der Waals surface area (Å²) >= 11 is 8.90. The second kappa shape index (κ2) is 6.08. The van der Waals surface area contributed by atoms with E-state index in [0.717, 1.165) is 9.75 Å². The molecule has 1 N–H and O–H groups in total. The molecule has 0 bridgehead atoms. The molecule has 22 heavy (non-hydrogen) atoms. The predicted molar refractivity (Wildman–Crippen MR) is 92.3 cm³/mol. The van der Waals surface area contributed by atoms with Crippen LogP contribution in [0.2, 0.25) is 5.02 Å². The van der Waals surface area contributed by atoms with Gasteiger partial charge in [0.15, 0.2) is 0 Å². The molecule has 3 heterocycles. The Bertz CT molecular complexity index is 855. The molecule has 3 rings (SSSR count). The highest BCUT2D eigenvalue weighted by Gasteiger charge is 2.12. The maximum absolute atomic E-state index is 12.3. The molecule has 0 atom stereocenters. The number of carbonyl (C=O) groups is 1. The molecule has 0 aromatic carbocycles. The smallest absolute Gasteiger partial charge is 0.269 e. The van der Waals surface area contributed by atoms with Crippen LogP contribution in [-0.4, -0.2) is 10.5 Å². The van der Waals surface area contributed by atoms with E-state index in [-0.39, 0.29) is 16.5 Å². The van der Waals surface area contributed by atoms with Crippen LogP contribution in [0.3, 0.4) is 0 Å². The van der Waals surface area contributed by atoms with Crippen molar-refractivity contribution in [3.05, 3.63) is 62.2 Å². The van der Waals surface area contributed by atoms with Crippen molar-refractivity contribution in [3.63, 3.8) is 0 Å². The Morgan fingerprint density at radius 3 is 2.77 bits per heavy atom. The number of nitrogens with one attached hydrogen (secondary N) is 1. The highest BCUT2D eigenvalue weighted by molar-refractivity contribution is 7.22. The van der Waals surface area contributed by atoms with Crippen LogP contribution >= 0.6 is 34.3 Å². The first-order valence-electron chi connectivity index (χ1n) is 6.36. The molecule has 3 aromatic heterocycles. The number of rotatable bonds is 3. The van der Waals surface area contributed by atoms with Gasteiger partial charge in [0.1, 0.15) is 5.02 Å². The molecule has 7 heteroatoms. The number of halogens is 1. The van der Waals surface area contributed by atoms with Crippen LogP contribution in [0.15, 0.2) is 46.7 Å². The fraction of sp³-hybridized carbons (Fsp3) is 0.0667. The molecule has 112 valence electrons. The molecule has 0 saturated heterocycles. The third-order valence-electron chi connectivity index (χ3n) is 2.99. The third-order valence-corrected chi connectivity index (χ3v) is 5.41. The fourth-order valence-corrected chi connectivity index (χ4v) is 3.93. The van der Waals surface area contributed by atoms with Crippen molar-refractivity contribution in [3.8, 4) is 9.75 Å². The standard InChI is InChI=1S/C15H11ClN2O2S2/c1-18-8-9(7-10(16)15(18)20)17-14(19)13-5-4-12(22-13)11-3-2-6-21-11/h2-8H,1H3,(H,17,19). The van der Waals surface area contributed by atoms with Crippen molar-refractivity contribution in [2.24, 2.45) is 7.05 Å². The van der Waals surface area contributed by atoms with E-state index in [1.807, 2.05) is 23.6 Å². The Morgan fingerprint density at radius 2 is 2.09 bits per heavy atom. The van der Waals surface area contributed by atoms with E-state index in [1.165, 1.54) is 22.0 Å². The largest absolute Gasteiger partial charge is 0.320 e. The Kier molecular flexibility index (Phi) is 4.15. The van der Waals surface area contributed by atoms with Crippen molar-refractivity contribution >= 4 is 45.9 Å². The van der Waals surface area contributed by atoms with Crippen LogP contribution in [0.4, 0.5) is 5.69 Å². The molecule has 0 fully saturated rings. The molecule has 0 radical (unpaired) electrons. The summed E-state index contributed by atoms with van der Waals surface area (Å²) in [4.78, 5) is 26.6. The van der Waals surface area contributed by atoms with Crippen LogP contribution in [0.25, 0.3) is 9.75 Å². The first-order chi connectivity index (χ1) is 10.5. The fourth-order valence-electron chi connectivity index (χ4n) is 1.94. The van der Waals surface area contributed by atoms with Gasteiger partial charge in [0.2, 0.25) is 0 Å². The molecule has 0 aliphatic rings. The van der Waals surface area contributed by atoms with E-state index in [4.69, 9.17) is 11.6 Å². The average molecular weight is 351 g/mol. The second-order valence-electron chi connectivity index (χ2n) is 4.59. The summed E-state index contributed by atoms with van der Waals surface area (Å²) in [7, 11) is 1.59. The van der Waals surface area contributed by atoms with Crippen molar-refractivity contribution in [1.82, 2.24) is 4.57 Å². The Morgan fingerprint density at radius 1 is 1.27 bits per heavy atom. The number of aromatic nitrogens is 1. The van der Waals surface area contributed by atoms with Gasteiger partial charge in [-0.15, -0.1) is 22.7 Å². The molecule has 0 aliphatic carbocycles. The summed E-state index contributed by atoms with van der Waals surface area (Å²) in [6.45, 7) is 0. The quantitative estimate of drug-likeness (QED) is 0.773. The molecule has 0 aliphatic heterocycles. The first-order valence-corrected chi connectivity index (χ1v) is 8.43. The lowest BCUT2D eigenvalue weighted by molar-refractivity contribution is 0.103. The van der Waals surface area contributed by atoms with E-state index in [9.17, 15) is 9.59 Å². The monoisotopic (exact) mass is 350 g/mol. The van der Waals surface area contributed by atoms with Gasteiger partial charge in [-0.2, -0.15) is 0 Å². The zero-order chi connectivity index (χ0) is 15.7. The lowest BCUT2D eigenvalue weighted by atomic mass is 10.3. The minimum atomic E-state index is -0.296. The summed E-state index contributed by atoms with van der Waals surface area (Å²) < 4.78 is 1.34. The highest BCUT2D eigenvalue weighted by Crippen LogP contribution is 2.31. The molecular formula is C15H11ClN2O2S2. The van der Waals surface area contributed by atoms with Crippen LogP contribution in [0.5, 0.6) is 0 Å². The second-order valence-corrected chi connectivity index (χ2v) is 7.03. The zero-order valence-electron chi connectivity index (χ0n) is 11.5. The van der Waals surface area contributed by atoms with Crippen LogP contribution in [0.1, 0.15) is 9.67 Å². The third kappa shape index (κ3) is 2.99. The number of aryl methyl sites for hydroxylation is 1. The first kappa shape index (κ1) is 15.0. The molecule has 3 aromatic rings. The Balaban J connectivity index is 1.82. The molecule has 4 nitrogen and oxygen atoms in total. The molecule has 0 unspecified atom stereocenters. The summed E-state index contributed by atoms with van der Waals surface area (Å²) in [5, 5.41) is 4.83. The van der Waals surface area contributed by atoms with Crippen LogP contribution in [-0.2, 0) is 7.05 Å². The summed E-state index contributed by atoms with van der Waals surface area (Å²) in [6.07, 6.45) is 1.54. The number of amides is 1. The van der Waals surface area contributed by atoms with Crippen molar-refractivity contribution in [1.29, 1.82) is 0 Å². The van der Waals surface area contributed by atoms with Crippen LogP contribution < -0.4 is 10.9 Å². The minimum absolute atomic E-state index is 0.0748. The highest BCUT2D eigenvalue weighted by atomic mass is 35.5. The van der Waals surface area contributed by atoms with E-state index in [0.29, 0.717) is 10.6 Å². The maximum Gasteiger partial charge on any atom is 0.269 e. The summed E-state index contributed by atoms with van der Waals surface area (Å²) in [5.74, 6) is -0.220. The molecule has 0 saturated carbocycles. The number of hydrogen-bond acceptors (Lipinski definition) is 4. The van der Waals surface area contributed by atoms with E-state index >= 15 is 0 Å². The van der Waals surface area contributed by atoms with Crippen molar-refractivity contribution in [2.45, 2.75) is 0 Å². The van der Waals surface area contributed by atoms with Gasteiger partial charge >= 0.3 is 0 Å². The van der Waals surface area contributed by atoms with Gasteiger partial charge < -0.3 is 9.88 Å². The lowest BCUT2D eigenvalue weighted by Gasteiger charge is -2.06. The SMILES string of the molecule is Cn1cc(NC(=O)c2ccc(-c3cccs3)s2)cc(Cl)c1=O. The number of anilines is 1. The Hall–Kier alpha value is -1.89. The van der Waals surface area contributed by atoms with Crippen molar-refractivity contribution < 1.29 is 4.79 Å². The van der Waals surface area contributed by atoms with Gasteiger partial charge in [-0.25, -0.2) is 0 Å². The average Bonchev–Trinajstić information content (AvgIpc) is 3.15. The summed E-state index contributed by atoms with van der Waals surface area (Å²) in [6, 6.07) is 9.17. The lowest BCUT2D eigenvalue weighted by Crippen LogP contribution is -2.19. The Labute approximate surface area is 139 Å². The number of carbonyl (C=O) groups excluding carboxylic acids is 1. The normalized spacial score (nSPS) is 10.6. The van der Waals surface area contributed by atoms with Gasteiger partial charge in [-0.1, -0.05) is 17.7 Å². The number of hydrogen-bond donors (Lipinski definition) is 1. The van der Waals surface area contributed by atoms with Gasteiger partial charge in [0, 0.05) is 23.0 Å². The van der Waals surface area contributed by atoms with Gasteiger partial charge in [0.05, 0.1) is 10.6 Å². The molecular weight excluding hydrogens is 340 g/mol. The van der Waals surface area contributed by atoms with E-state index in [1.54, 1.807) is 30.6 Å². The predicted octanol–water partition coefficient (Wildman–Crippen LogP) is 4.08. The summed E-state index contributed by atoms with van der Waals surface area (Å²) in [5.41, 5.74) is 0.193. The van der Waals surface area contributed by atoms with Gasteiger partial charge in [-0.3, -0.25) is 9.59 Å². The molecule has 0 spiro atoms. The number of thiophene rings is 2. The van der Waals surface area contributed by atoms with Crippen molar-refractivity contribution in [2.75, 3.05) is 5.32 Å². The van der Waals surface area contributed by atoms with Gasteiger partial charge in [0.25, 0.3) is 11.5 Å². The van der Waals surface area contributed by atoms with E-state index < -0.39 is 0 Å². The van der Waals surface area contributed by atoms with Crippen LogP contribution in [0, 0.1) is 0 Å². The maximum atomic E-state index is 12.3. The van der Waals surface area contributed by atoms with Gasteiger partial charge in [-0.05, 0) is 29.6 Å². The number of pyridine rings is 1.